The van der Waals surface area contributed by atoms with E-state index in [0.717, 1.165) is 53.3 Å². The number of aldehydes is 1. The number of unbranched alkanes of at least 4 members (excludes halogenated alkanes) is 1. The minimum Gasteiger partial charge on any atom is -0.303 e. The molecule has 0 aromatic carbocycles. The van der Waals surface area contributed by atoms with Crippen molar-refractivity contribution in [2.24, 2.45) is 0 Å². The van der Waals surface area contributed by atoms with E-state index < -0.39 is 0 Å². The van der Waals surface area contributed by atoms with Crippen molar-refractivity contribution in [2.45, 2.75) is 26.2 Å². The second-order valence-electron chi connectivity index (χ2n) is 9.19. The molecule has 0 unspecified atom stereocenters. The smallest absolute Gasteiger partial charge is 0.303 e. The van der Waals surface area contributed by atoms with Gasteiger partial charge in [-0.15, -0.1) is 0 Å². The van der Waals surface area contributed by atoms with E-state index >= 15 is 0 Å². The summed E-state index contributed by atoms with van der Waals surface area (Å²) < 4.78 is 0. The van der Waals surface area contributed by atoms with Gasteiger partial charge in [0.2, 0.25) is 0 Å². The number of carbonyl (C=O) groups is 1. The van der Waals surface area contributed by atoms with E-state index in [2.05, 4.69) is 29.9 Å². The molecular formula is C35H32N6ORu+. The Labute approximate surface area is 265 Å². The van der Waals surface area contributed by atoms with Gasteiger partial charge >= 0.3 is 19.5 Å². The first-order valence-corrected chi connectivity index (χ1v) is 13.7. The van der Waals surface area contributed by atoms with Crippen molar-refractivity contribution in [3.05, 3.63) is 145 Å². The summed E-state index contributed by atoms with van der Waals surface area (Å²) in [6, 6.07) is 31.2. The van der Waals surface area contributed by atoms with Crippen LogP contribution in [0.25, 0.3) is 34.2 Å². The number of aromatic nitrogens is 6. The van der Waals surface area contributed by atoms with E-state index in [1.165, 1.54) is 11.1 Å². The van der Waals surface area contributed by atoms with Gasteiger partial charge in [0.05, 0.1) is 34.2 Å². The number of aryl methyl sites for hydroxylation is 2. The summed E-state index contributed by atoms with van der Waals surface area (Å²) in [4.78, 5) is 35.7. The number of nitrogens with zero attached hydrogens (tertiary/aromatic N) is 6. The molecule has 0 fully saturated rings. The summed E-state index contributed by atoms with van der Waals surface area (Å²) in [6.07, 6.45) is 14.0. The minimum atomic E-state index is 0. The zero-order chi connectivity index (χ0) is 29.2. The Morgan fingerprint density at radius 2 is 0.930 bits per heavy atom. The molecule has 43 heavy (non-hydrogen) atoms. The molecule has 215 valence electrons. The van der Waals surface area contributed by atoms with Gasteiger partial charge in [0.15, 0.2) is 0 Å². The van der Waals surface area contributed by atoms with Gasteiger partial charge in [0, 0.05) is 43.6 Å². The first kappa shape index (κ1) is 32.7. The molecule has 0 saturated heterocycles. The predicted molar refractivity (Wildman–Crippen MR) is 166 cm³/mol. The standard InChI is InChI=1S/C15H16N2O.2C10H8N2.Ru/c1-12-5-7-16-14(10-12)15-11-13(6-8-17-15)4-2-3-9-18;2*1-3-7-11-9(5-1)10-6-2-4-8-12-10;/h5-11H,2-4H2,1H3;2*1-8H;/q;;;+1. The van der Waals surface area contributed by atoms with Crippen LogP contribution in [0.3, 0.4) is 0 Å². The SMILES string of the molecule is Cc1ccnc(-c2cc(CCCC=O)ccn2)c1.[Ru+].c1ccc(-c2ccccn2)nc1.c1ccc(-c2ccccn2)nc1. The van der Waals surface area contributed by atoms with Gasteiger partial charge < -0.3 is 4.79 Å². The Morgan fingerprint density at radius 3 is 1.33 bits per heavy atom. The van der Waals surface area contributed by atoms with E-state index in [-0.39, 0.29) is 19.5 Å². The molecule has 6 aromatic heterocycles. The molecule has 6 heterocycles. The topological polar surface area (TPSA) is 94.4 Å². The summed E-state index contributed by atoms with van der Waals surface area (Å²) >= 11 is 0. The van der Waals surface area contributed by atoms with Gasteiger partial charge in [-0.1, -0.05) is 24.3 Å². The van der Waals surface area contributed by atoms with E-state index in [1.54, 1.807) is 37.2 Å². The van der Waals surface area contributed by atoms with Crippen molar-refractivity contribution in [1.82, 2.24) is 29.9 Å². The molecule has 0 saturated carbocycles. The molecule has 8 heteroatoms. The van der Waals surface area contributed by atoms with Crippen LogP contribution in [0.5, 0.6) is 0 Å². The van der Waals surface area contributed by atoms with Crippen LogP contribution in [0, 0.1) is 6.92 Å². The van der Waals surface area contributed by atoms with Gasteiger partial charge in [0.1, 0.15) is 6.29 Å². The molecule has 0 aliphatic heterocycles. The molecule has 0 bridgehead atoms. The van der Waals surface area contributed by atoms with Gasteiger partial charge in [-0.2, -0.15) is 0 Å². The van der Waals surface area contributed by atoms with Crippen LogP contribution in [-0.4, -0.2) is 36.2 Å². The quantitative estimate of drug-likeness (QED) is 0.102. The Hall–Kier alpha value is -4.81. The predicted octanol–water partition coefficient (Wildman–Crippen LogP) is 7.26. The van der Waals surface area contributed by atoms with Crippen LogP contribution < -0.4 is 0 Å². The van der Waals surface area contributed by atoms with Crippen LogP contribution in [0.15, 0.2) is 134 Å². The molecule has 0 amide bonds. The molecule has 6 rings (SSSR count). The molecular weight excluding hydrogens is 621 g/mol. The zero-order valence-corrected chi connectivity index (χ0v) is 25.6. The van der Waals surface area contributed by atoms with Crippen molar-refractivity contribution in [2.75, 3.05) is 0 Å². The summed E-state index contributed by atoms with van der Waals surface area (Å²) in [7, 11) is 0. The Kier molecular flexibility index (Phi) is 14.1. The van der Waals surface area contributed by atoms with E-state index in [4.69, 9.17) is 0 Å². The molecule has 0 spiro atoms. The molecule has 7 nitrogen and oxygen atoms in total. The summed E-state index contributed by atoms with van der Waals surface area (Å²) in [5.74, 6) is 0. The molecule has 0 aliphatic rings. The number of carbonyl (C=O) groups excluding carboxylic acids is 1. The maximum Gasteiger partial charge on any atom is 1.00 e. The zero-order valence-electron chi connectivity index (χ0n) is 23.8. The van der Waals surface area contributed by atoms with E-state index in [9.17, 15) is 4.79 Å². The Balaban J connectivity index is 0.000000180. The summed E-state index contributed by atoms with van der Waals surface area (Å²) in [5, 5.41) is 0. The van der Waals surface area contributed by atoms with Gasteiger partial charge in [-0.25, -0.2) is 0 Å². The summed E-state index contributed by atoms with van der Waals surface area (Å²) in [6.45, 7) is 2.04. The van der Waals surface area contributed by atoms with Crippen LogP contribution in [0.1, 0.15) is 24.0 Å². The number of rotatable bonds is 7. The van der Waals surface area contributed by atoms with E-state index in [0.29, 0.717) is 6.42 Å². The monoisotopic (exact) mass is 654 g/mol. The Morgan fingerprint density at radius 1 is 0.512 bits per heavy atom. The van der Waals surface area contributed by atoms with Gasteiger partial charge in [-0.05, 0) is 104 Å². The molecule has 1 radical (unpaired) electrons. The van der Waals surface area contributed by atoms with Crippen LogP contribution in [0.4, 0.5) is 0 Å². The number of pyridine rings is 6. The average molecular weight is 654 g/mol. The second kappa shape index (κ2) is 18.6. The molecule has 6 aromatic rings. The van der Waals surface area contributed by atoms with Crippen molar-refractivity contribution in [1.29, 1.82) is 0 Å². The van der Waals surface area contributed by atoms with Crippen LogP contribution in [0.2, 0.25) is 0 Å². The van der Waals surface area contributed by atoms with Crippen molar-refractivity contribution < 1.29 is 24.3 Å². The van der Waals surface area contributed by atoms with Crippen molar-refractivity contribution in [3.8, 4) is 34.2 Å². The fourth-order valence-electron chi connectivity index (χ4n) is 3.89. The average Bonchev–Trinajstić information content (AvgIpc) is 3.07. The maximum absolute atomic E-state index is 10.3. The first-order chi connectivity index (χ1) is 20.7. The molecule has 0 atom stereocenters. The normalized spacial score (nSPS) is 9.70. The third-order valence-electron chi connectivity index (χ3n) is 5.97. The summed E-state index contributed by atoms with van der Waals surface area (Å²) in [5.41, 5.74) is 7.82. The van der Waals surface area contributed by atoms with Crippen LogP contribution in [-0.2, 0) is 30.7 Å². The van der Waals surface area contributed by atoms with Crippen molar-refractivity contribution >= 4 is 6.29 Å². The third kappa shape index (κ3) is 11.2. The largest absolute Gasteiger partial charge is 1.00 e. The van der Waals surface area contributed by atoms with Gasteiger partial charge in [-0.3, -0.25) is 29.9 Å². The number of hydrogen-bond donors (Lipinski definition) is 0. The molecule has 0 aliphatic carbocycles. The Bertz CT molecular complexity index is 1470. The van der Waals surface area contributed by atoms with Crippen molar-refractivity contribution in [3.63, 3.8) is 0 Å². The second-order valence-corrected chi connectivity index (χ2v) is 9.19. The first-order valence-electron chi connectivity index (χ1n) is 13.7. The van der Waals surface area contributed by atoms with E-state index in [1.807, 2.05) is 104 Å². The molecule has 0 N–H and O–H groups in total. The fraction of sp³-hybridized carbons (Fsp3) is 0.114. The minimum absolute atomic E-state index is 0. The van der Waals surface area contributed by atoms with Crippen LogP contribution >= 0.6 is 0 Å². The number of hydrogen-bond acceptors (Lipinski definition) is 7. The van der Waals surface area contributed by atoms with Gasteiger partial charge in [0.25, 0.3) is 0 Å². The third-order valence-corrected chi connectivity index (χ3v) is 5.97. The fourth-order valence-corrected chi connectivity index (χ4v) is 3.89. The maximum atomic E-state index is 10.3.